The van der Waals surface area contributed by atoms with Crippen LogP contribution in [0.2, 0.25) is 0 Å². The van der Waals surface area contributed by atoms with Crippen LogP contribution in [0.3, 0.4) is 0 Å². The quantitative estimate of drug-likeness (QED) is 0.442. The van der Waals surface area contributed by atoms with Crippen LogP contribution in [0.5, 0.6) is 0 Å². The molecule has 0 bridgehead atoms. The van der Waals surface area contributed by atoms with E-state index in [0.29, 0.717) is 23.6 Å². The van der Waals surface area contributed by atoms with Gasteiger partial charge in [-0.05, 0) is 63.8 Å². The van der Waals surface area contributed by atoms with Crippen molar-refractivity contribution in [2.45, 2.75) is 51.2 Å². The fourth-order valence-electron chi connectivity index (χ4n) is 3.49. The molecular formula is C23H29NO4S. The van der Waals surface area contributed by atoms with Crippen LogP contribution in [-0.2, 0) is 25.9 Å². The lowest BCUT2D eigenvalue weighted by Crippen LogP contribution is -2.17. The number of fused-ring (bicyclic) bond motifs is 1. The number of aromatic nitrogens is 1. The van der Waals surface area contributed by atoms with Crippen molar-refractivity contribution in [1.82, 2.24) is 3.97 Å². The summed E-state index contributed by atoms with van der Waals surface area (Å²) < 4.78 is 39.1. The Morgan fingerprint density at radius 2 is 1.62 bits per heavy atom. The monoisotopic (exact) mass is 415 g/mol. The number of benzene rings is 2. The summed E-state index contributed by atoms with van der Waals surface area (Å²) in [6, 6.07) is 14.6. The second kappa shape index (κ2) is 9.57. The Hall–Kier alpha value is -2.15. The molecule has 0 aliphatic rings. The van der Waals surface area contributed by atoms with Crippen LogP contribution >= 0.6 is 0 Å². The Morgan fingerprint density at radius 3 is 2.28 bits per heavy atom. The first kappa shape index (κ1) is 21.6. The van der Waals surface area contributed by atoms with E-state index >= 15 is 0 Å². The van der Waals surface area contributed by atoms with E-state index in [2.05, 4.69) is 0 Å². The van der Waals surface area contributed by atoms with E-state index in [0.717, 1.165) is 35.8 Å². The van der Waals surface area contributed by atoms with E-state index in [1.54, 1.807) is 18.3 Å². The van der Waals surface area contributed by atoms with Gasteiger partial charge in [-0.25, -0.2) is 12.4 Å². The predicted molar refractivity (Wildman–Crippen MR) is 116 cm³/mol. The lowest BCUT2D eigenvalue weighted by atomic mass is 10.1. The Labute approximate surface area is 173 Å². The minimum Gasteiger partial charge on any atom is -0.353 e. The molecule has 5 nitrogen and oxygen atoms in total. The Kier molecular flexibility index (Phi) is 7.11. The molecule has 0 saturated heterocycles. The van der Waals surface area contributed by atoms with Crippen molar-refractivity contribution in [3.8, 4) is 0 Å². The first-order valence-electron chi connectivity index (χ1n) is 10.1. The number of rotatable bonds is 10. The van der Waals surface area contributed by atoms with E-state index in [1.165, 1.54) is 3.97 Å². The largest absolute Gasteiger partial charge is 0.353 e. The van der Waals surface area contributed by atoms with E-state index in [-0.39, 0.29) is 6.29 Å². The smallest absolute Gasteiger partial charge is 0.268 e. The van der Waals surface area contributed by atoms with Crippen LogP contribution in [0.4, 0.5) is 0 Å². The third kappa shape index (κ3) is 4.89. The molecule has 3 aromatic rings. The van der Waals surface area contributed by atoms with Gasteiger partial charge in [0, 0.05) is 24.8 Å². The summed E-state index contributed by atoms with van der Waals surface area (Å²) >= 11 is 0. The Balaban J connectivity index is 1.88. The highest BCUT2D eigenvalue weighted by atomic mass is 32.2. The van der Waals surface area contributed by atoms with Crippen molar-refractivity contribution < 1.29 is 17.9 Å². The summed E-state index contributed by atoms with van der Waals surface area (Å²) in [7, 11) is -3.65. The molecule has 6 heteroatoms. The summed E-state index contributed by atoms with van der Waals surface area (Å²) in [6.45, 7) is 7.07. The van der Waals surface area contributed by atoms with Gasteiger partial charge in [0.05, 0.1) is 10.4 Å². The summed E-state index contributed by atoms with van der Waals surface area (Å²) in [5.74, 6) is 0. The molecule has 0 amide bonds. The number of nitrogens with zero attached hydrogens (tertiary/aromatic N) is 1. The highest BCUT2D eigenvalue weighted by Crippen LogP contribution is 2.27. The topological polar surface area (TPSA) is 57.5 Å². The van der Waals surface area contributed by atoms with Gasteiger partial charge in [-0.2, -0.15) is 0 Å². The van der Waals surface area contributed by atoms with Crippen molar-refractivity contribution in [3.63, 3.8) is 0 Å². The summed E-state index contributed by atoms with van der Waals surface area (Å²) in [6.07, 6.45) is 3.92. The van der Waals surface area contributed by atoms with Crippen LogP contribution < -0.4 is 0 Å². The summed E-state index contributed by atoms with van der Waals surface area (Å²) in [5, 5.41) is 0.965. The fourth-order valence-corrected chi connectivity index (χ4v) is 4.88. The van der Waals surface area contributed by atoms with Gasteiger partial charge in [0.25, 0.3) is 10.0 Å². The number of hydrogen-bond donors (Lipinski definition) is 0. The van der Waals surface area contributed by atoms with Crippen LogP contribution in [0.25, 0.3) is 10.9 Å². The van der Waals surface area contributed by atoms with E-state index in [1.807, 2.05) is 57.2 Å². The van der Waals surface area contributed by atoms with Gasteiger partial charge in [0.1, 0.15) is 0 Å². The second-order valence-electron chi connectivity index (χ2n) is 7.02. The van der Waals surface area contributed by atoms with Gasteiger partial charge in [0.15, 0.2) is 6.29 Å². The van der Waals surface area contributed by atoms with E-state index in [4.69, 9.17) is 9.47 Å². The molecule has 1 heterocycles. The highest BCUT2D eigenvalue weighted by molar-refractivity contribution is 7.90. The van der Waals surface area contributed by atoms with Crippen molar-refractivity contribution in [1.29, 1.82) is 0 Å². The average molecular weight is 416 g/mol. The van der Waals surface area contributed by atoms with Crippen molar-refractivity contribution >= 4 is 20.9 Å². The fraction of sp³-hybridized carbons (Fsp3) is 0.391. The maximum atomic E-state index is 13.2. The molecule has 3 rings (SSSR count). The average Bonchev–Trinajstić information content (AvgIpc) is 3.08. The molecule has 0 saturated carbocycles. The lowest BCUT2D eigenvalue weighted by molar-refractivity contribution is -0.139. The maximum Gasteiger partial charge on any atom is 0.268 e. The standard InChI is InChI=1S/C23H29NO4S/c1-4-27-23(28-5-2)12-8-9-19-17-24(22-11-7-6-10-21(19)22)29(25,26)20-15-13-18(3)14-16-20/h6-7,10-11,13-17,23H,4-5,8-9,12H2,1-3H3. The number of para-hydroxylation sites is 1. The lowest BCUT2D eigenvalue weighted by Gasteiger charge is -2.16. The molecule has 1 aromatic heterocycles. The molecule has 0 aliphatic heterocycles. The minimum absolute atomic E-state index is 0.213. The van der Waals surface area contributed by atoms with Gasteiger partial charge >= 0.3 is 0 Å². The predicted octanol–water partition coefficient (Wildman–Crippen LogP) is 4.91. The van der Waals surface area contributed by atoms with Gasteiger partial charge in [-0.1, -0.05) is 35.9 Å². The molecule has 0 spiro atoms. The maximum absolute atomic E-state index is 13.2. The molecule has 0 N–H and O–H groups in total. The van der Waals surface area contributed by atoms with Gasteiger partial charge < -0.3 is 9.47 Å². The molecule has 0 fully saturated rings. The van der Waals surface area contributed by atoms with Crippen LogP contribution in [0.1, 0.15) is 37.8 Å². The normalized spacial score (nSPS) is 12.1. The van der Waals surface area contributed by atoms with Crippen LogP contribution in [0, 0.1) is 6.92 Å². The zero-order valence-corrected chi connectivity index (χ0v) is 18.1. The molecule has 29 heavy (non-hydrogen) atoms. The Bertz CT molecular complexity index is 1030. The molecule has 0 atom stereocenters. The SMILES string of the molecule is CCOC(CCCc1cn(S(=O)(=O)c2ccc(C)cc2)c2ccccc12)OCC. The molecule has 0 aliphatic carbocycles. The summed E-state index contributed by atoms with van der Waals surface area (Å²) in [5.41, 5.74) is 2.75. The first-order valence-corrected chi connectivity index (χ1v) is 11.6. The number of aryl methyl sites for hydroxylation is 2. The van der Waals surface area contributed by atoms with E-state index < -0.39 is 10.0 Å². The zero-order chi connectivity index (χ0) is 20.9. The van der Waals surface area contributed by atoms with Gasteiger partial charge in [-0.15, -0.1) is 0 Å². The van der Waals surface area contributed by atoms with Crippen molar-refractivity contribution in [2.75, 3.05) is 13.2 Å². The van der Waals surface area contributed by atoms with E-state index in [9.17, 15) is 8.42 Å². The number of hydrogen-bond acceptors (Lipinski definition) is 4. The molecular weight excluding hydrogens is 386 g/mol. The number of ether oxygens (including phenoxy) is 2. The first-order chi connectivity index (χ1) is 14.0. The molecule has 2 aromatic carbocycles. The van der Waals surface area contributed by atoms with Gasteiger partial charge in [-0.3, -0.25) is 0 Å². The highest BCUT2D eigenvalue weighted by Gasteiger charge is 2.21. The Morgan fingerprint density at radius 1 is 0.966 bits per heavy atom. The second-order valence-corrected chi connectivity index (χ2v) is 8.83. The van der Waals surface area contributed by atoms with Crippen molar-refractivity contribution in [3.05, 3.63) is 65.9 Å². The summed E-state index contributed by atoms with van der Waals surface area (Å²) in [4.78, 5) is 0.295. The van der Waals surface area contributed by atoms with Crippen LogP contribution in [-0.4, -0.2) is 31.9 Å². The zero-order valence-electron chi connectivity index (χ0n) is 17.3. The molecule has 0 unspecified atom stereocenters. The third-order valence-electron chi connectivity index (χ3n) is 4.93. The molecule has 156 valence electrons. The van der Waals surface area contributed by atoms with Gasteiger partial charge in [0.2, 0.25) is 0 Å². The third-order valence-corrected chi connectivity index (χ3v) is 6.62. The van der Waals surface area contributed by atoms with Crippen LogP contribution in [0.15, 0.2) is 59.6 Å². The van der Waals surface area contributed by atoms with Crippen molar-refractivity contribution in [2.24, 2.45) is 0 Å². The minimum atomic E-state index is -3.65. The molecule has 0 radical (unpaired) electrons.